The largest absolute Gasteiger partial charge is 0.302 e. The lowest BCUT2D eigenvalue weighted by atomic mass is 9.85. The van der Waals surface area contributed by atoms with Gasteiger partial charge in [-0.2, -0.15) is 4.31 Å². The highest BCUT2D eigenvalue weighted by atomic mass is 32.2. The molecule has 2 aromatic rings. The minimum atomic E-state index is -3.50. The van der Waals surface area contributed by atoms with Crippen LogP contribution in [0.25, 0.3) is 0 Å². The smallest absolute Gasteiger partial charge is 0.243 e. The number of hydrogen-bond acceptors (Lipinski definition) is 5. The Bertz CT molecular complexity index is 889. The molecular formula is C17H19N3O3S2. The number of aromatic nitrogens is 1. The lowest BCUT2D eigenvalue weighted by Crippen LogP contribution is -2.35. The van der Waals surface area contributed by atoms with Crippen molar-refractivity contribution < 1.29 is 13.2 Å². The summed E-state index contributed by atoms with van der Waals surface area (Å²) >= 11 is 1.38. The van der Waals surface area contributed by atoms with E-state index in [2.05, 4.69) is 10.3 Å². The standard InChI is InChI=1S/C17H19N3O3S2/c21-16(12-5-4-6-12)19-17-18-14-9-10-20(11-15(14)24-17)25(22,23)13-7-2-1-3-8-13/h1-3,7-8,12H,4-6,9-11H2,(H,18,19,21). The Hall–Kier alpha value is -1.77. The summed E-state index contributed by atoms with van der Waals surface area (Å²) in [5.74, 6) is 0.141. The van der Waals surface area contributed by atoms with Gasteiger partial charge < -0.3 is 5.32 Å². The second-order valence-corrected chi connectivity index (χ2v) is 9.43. The van der Waals surface area contributed by atoms with Gasteiger partial charge >= 0.3 is 0 Å². The minimum absolute atomic E-state index is 0.0334. The molecule has 0 unspecified atom stereocenters. The van der Waals surface area contributed by atoms with Gasteiger partial charge in [-0.1, -0.05) is 24.6 Å². The van der Waals surface area contributed by atoms with E-state index in [0.29, 0.717) is 29.5 Å². The second kappa shape index (κ2) is 6.51. The van der Waals surface area contributed by atoms with Gasteiger partial charge in [-0.25, -0.2) is 13.4 Å². The fraction of sp³-hybridized carbons (Fsp3) is 0.412. The molecule has 1 aliphatic carbocycles. The molecule has 0 atom stereocenters. The van der Waals surface area contributed by atoms with Crippen LogP contribution in [0.4, 0.5) is 5.13 Å². The SMILES string of the molecule is O=C(Nc1nc2c(s1)CN(S(=O)(=O)c1ccccc1)CC2)C1CCC1. The van der Waals surface area contributed by atoms with E-state index in [4.69, 9.17) is 0 Å². The Labute approximate surface area is 150 Å². The number of thiazole rings is 1. The first-order valence-corrected chi connectivity index (χ1v) is 10.6. The average Bonchev–Trinajstić information content (AvgIpc) is 2.95. The highest BCUT2D eigenvalue weighted by molar-refractivity contribution is 7.89. The van der Waals surface area contributed by atoms with Gasteiger partial charge in [0.1, 0.15) is 0 Å². The van der Waals surface area contributed by atoms with Crippen molar-refractivity contribution >= 4 is 32.4 Å². The van der Waals surface area contributed by atoms with Gasteiger partial charge in [0.25, 0.3) is 0 Å². The number of anilines is 1. The summed E-state index contributed by atoms with van der Waals surface area (Å²) in [5, 5.41) is 3.47. The maximum Gasteiger partial charge on any atom is 0.243 e. The highest BCUT2D eigenvalue weighted by Crippen LogP contribution is 2.33. The minimum Gasteiger partial charge on any atom is -0.302 e. The number of amides is 1. The molecule has 1 N–H and O–H groups in total. The molecule has 2 heterocycles. The summed E-state index contributed by atoms with van der Waals surface area (Å²) < 4.78 is 27.0. The Morgan fingerprint density at radius 1 is 1.24 bits per heavy atom. The Balaban J connectivity index is 1.50. The van der Waals surface area contributed by atoms with E-state index in [1.54, 1.807) is 30.3 Å². The van der Waals surface area contributed by atoms with Crippen LogP contribution in [0.5, 0.6) is 0 Å². The van der Waals surface area contributed by atoms with Gasteiger partial charge in [-0.3, -0.25) is 4.79 Å². The maximum atomic E-state index is 12.8. The third-order valence-corrected chi connectivity index (χ3v) is 7.64. The van der Waals surface area contributed by atoms with E-state index in [0.717, 1.165) is 29.8 Å². The predicted molar refractivity (Wildman–Crippen MR) is 95.8 cm³/mol. The van der Waals surface area contributed by atoms with Crippen LogP contribution >= 0.6 is 11.3 Å². The van der Waals surface area contributed by atoms with Gasteiger partial charge in [-0.05, 0) is 25.0 Å². The Kier molecular flexibility index (Phi) is 4.35. The van der Waals surface area contributed by atoms with Gasteiger partial charge in [0.05, 0.1) is 17.1 Å². The lowest BCUT2D eigenvalue weighted by molar-refractivity contribution is -0.122. The van der Waals surface area contributed by atoms with Crippen LogP contribution in [0.3, 0.4) is 0 Å². The van der Waals surface area contributed by atoms with E-state index in [9.17, 15) is 13.2 Å². The fourth-order valence-electron chi connectivity index (χ4n) is 3.05. The molecule has 1 aliphatic heterocycles. The molecule has 0 saturated heterocycles. The van der Waals surface area contributed by atoms with E-state index in [1.165, 1.54) is 15.6 Å². The summed E-state index contributed by atoms with van der Waals surface area (Å²) in [7, 11) is -3.50. The van der Waals surface area contributed by atoms with Crippen molar-refractivity contribution in [3.8, 4) is 0 Å². The number of rotatable bonds is 4. The zero-order valence-electron chi connectivity index (χ0n) is 13.6. The van der Waals surface area contributed by atoms with Crippen LogP contribution in [-0.2, 0) is 27.8 Å². The molecule has 1 aromatic heterocycles. The number of hydrogen-bond donors (Lipinski definition) is 1. The fourth-order valence-corrected chi connectivity index (χ4v) is 5.59. The molecule has 1 saturated carbocycles. The van der Waals surface area contributed by atoms with Crippen molar-refractivity contribution in [2.45, 2.75) is 37.1 Å². The van der Waals surface area contributed by atoms with E-state index < -0.39 is 10.0 Å². The highest BCUT2D eigenvalue weighted by Gasteiger charge is 2.31. The molecule has 0 radical (unpaired) electrons. The molecule has 0 spiro atoms. The molecule has 8 heteroatoms. The molecule has 132 valence electrons. The van der Waals surface area contributed by atoms with E-state index >= 15 is 0 Å². The monoisotopic (exact) mass is 377 g/mol. The van der Waals surface area contributed by atoms with Crippen LogP contribution in [0.15, 0.2) is 35.2 Å². The normalized spacial score (nSPS) is 18.4. The molecular weight excluding hydrogens is 358 g/mol. The lowest BCUT2D eigenvalue weighted by Gasteiger charge is -2.25. The predicted octanol–water partition coefficient (Wildman–Crippen LogP) is 2.63. The first-order chi connectivity index (χ1) is 12.0. The average molecular weight is 377 g/mol. The zero-order chi connectivity index (χ0) is 17.4. The summed E-state index contributed by atoms with van der Waals surface area (Å²) in [4.78, 5) is 17.8. The molecule has 6 nitrogen and oxygen atoms in total. The summed E-state index contributed by atoms with van der Waals surface area (Å²) in [5.41, 5.74) is 0.897. The van der Waals surface area contributed by atoms with Gasteiger partial charge in [0.15, 0.2) is 5.13 Å². The maximum absolute atomic E-state index is 12.8. The quantitative estimate of drug-likeness (QED) is 0.888. The zero-order valence-corrected chi connectivity index (χ0v) is 15.3. The van der Waals surface area contributed by atoms with Gasteiger partial charge in [0, 0.05) is 23.8 Å². The number of carbonyl (C=O) groups excluding carboxylic acids is 1. The molecule has 1 amide bonds. The van der Waals surface area contributed by atoms with Crippen molar-refractivity contribution in [3.05, 3.63) is 40.9 Å². The summed E-state index contributed by atoms with van der Waals surface area (Å²) in [6.07, 6.45) is 3.57. The van der Waals surface area contributed by atoms with E-state index in [1.807, 2.05) is 0 Å². The second-order valence-electron chi connectivity index (χ2n) is 6.41. The van der Waals surface area contributed by atoms with Crippen LogP contribution in [0.1, 0.15) is 29.8 Å². The van der Waals surface area contributed by atoms with Crippen LogP contribution in [-0.4, -0.2) is 30.2 Å². The van der Waals surface area contributed by atoms with Crippen LogP contribution in [0, 0.1) is 5.92 Å². The summed E-state index contributed by atoms with van der Waals surface area (Å²) in [6, 6.07) is 8.48. The number of fused-ring (bicyclic) bond motifs is 1. The van der Waals surface area contributed by atoms with Crippen molar-refractivity contribution in [2.24, 2.45) is 5.92 Å². The van der Waals surface area contributed by atoms with E-state index in [-0.39, 0.29) is 11.8 Å². The summed E-state index contributed by atoms with van der Waals surface area (Å²) in [6.45, 7) is 0.716. The van der Waals surface area contributed by atoms with Crippen LogP contribution in [0.2, 0.25) is 0 Å². The van der Waals surface area contributed by atoms with Crippen molar-refractivity contribution in [2.75, 3.05) is 11.9 Å². The van der Waals surface area contributed by atoms with Gasteiger partial charge in [-0.15, -0.1) is 11.3 Å². The first-order valence-electron chi connectivity index (χ1n) is 8.39. The number of sulfonamides is 1. The molecule has 1 fully saturated rings. The molecule has 2 aliphatic rings. The first kappa shape index (κ1) is 16.7. The van der Waals surface area contributed by atoms with Crippen molar-refractivity contribution in [1.29, 1.82) is 0 Å². The third kappa shape index (κ3) is 3.21. The third-order valence-electron chi connectivity index (χ3n) is 4.78. The number of benzene rings is 1. The number of nitrogens with one attached hydrogen (secondary N) is 1. The Morgan fingerprint density at radius 3 is 2.68 bits per heavy atom. The topological polar surface area (TPSA) is 79.4 Å². The van der Waals surface area contributed by atoms with Crippen LogP contribution < -0.4 is 5.32 Å². The number of carbonyl (C=O) groups is 1. The van der Waals surface area contributed by atoms with Gasteiger partial charge in [0.2, 0.25) is 15.9 Å². The molecule has 4 rings (SSSR count). The van der Waals surface area contributed by atoms with Crippen molar-refractivity contribution in [1.82, 2.24) is 9.29 Å². The molecule has 25 heavy (non-hydrogen) atoms. The number of nitrogens with zero attached hydrogens (tertiary/aromatic N) is 2. The van der Waals surface area contributed by atoms with Crippen molar-refractivity contribution in [3.63, 3.8) is 0 Å². The molecule has 1 aromatic carbocycles. The Morgan fingerprint density at radius 2 is 2.00 bits per heavy atom. The molecule has 0 bridgehead atoms.